The number of hydrogen-bond donors (Lipinski definition) is 1. The van der Waals surface area contributed by atoms with Crippen molar-refractivity contribution in [3.05, 3.63) is 38.1 Å². The van der Waals surface area contributed by atoms with E-state index in [-0.39, 0.29) is 46.9 Å². The summed E-state index contributed by atoms with van der Waals surface area (Å²) in [7, 11) is 0. The van der Waals surface area contributed by atoms with Gasteiger partial charge in [-0.3, -0.25) is 14.9 Å². The average Bonchev–Trinajstić information content (AvgIpc) is 2.50. The van der Waals surface area contributed by atoms with Crippen LogP contribution in [0.3, 0.4) is 0 Å². The number of halogens is 2. The van der Waals surface area contributed by atoms with Crippen LogP contribution in [0.4, 0.5) is 14.9 Å². The van der Waals surface area contributed by atoms with Crippen LogP contribution in [0.2, 0.25) is 0 Å². The van der Waals surface area contributed by atoms with Crippen molar-refractivity contribution in [1.82, 2.24) is 4.90 Å². The van der Waals surface area contributed by atoms with Crippen LogP contribution in [-0.2, 0) is 11.2 Å². The van der Waals surface area contributed by atoms with Crippen molar-refractivity contribution >= 4 is 33.5 Å². The summed E-state index contributed by atoms with van der Waals surface area (Å²) in [6, 6.07) is 1.96. The number of piperidine rings is 1. The Bertz CT molecular complexity index is 636. The Labute approximate surface area is 139 Å². The monoisotopic (exact) mass is 388 g/mol. The Morgan fingerprint density at radius 1 is 1.39 bits per heavy atom. The van der Waals surface area contributed by atoms with Gasteiger partial charge in [-0.1, -0.05) is 15.9 Å². The summed E-state index contributed by atoms with van der Waals surface area (Å²) >= 11 is 3.06. The first kappa shape index (κ1) is 17.3. The minimum Gasteiger partial charge on any atom is -0.465 e. The zero-order valence-corrected chi connectivity index (χ0v) is 13.6. The lowest BCUT2D eigenvalue weighted by atomic mass is 9.89. The third-order valence-electron chi connectivity index (χ3n) is 3.91. The summed E-state index contributed by atoms with van der Waals surface area (Å²) in [5.74, 6) is -1.32. The first-order valence-corrected chi connectivity index (χ1v) is 7.71. The number of ketones is 1. The fraction of sp³-hybridized carbons (Fsp3) is 0.429. The predicted molar refractivity (Wildman–Crippen MR) is 81.8 cm³/mol. The minimum atomic E-state index is -1.01. The average molecular weight is 389 g/mol. The van der Waals surface area contributed by atoms with Crippen molar-refractivity contribution in [3.8, 4) is 0 Å². The van der Waals surface area contributed by atoms with Crippen molar-refractivity contribution in [2.45, 2.75) is 19.3 Å². The highest BCUT2D eigenvalue weighted by atomic mass is 79.9. The van der Waals surface area contributed by atoms with Gasteiger partial charge in [0.15, 0.2) is 0 Å². The molecule has 1 aromatic rings. The number of rotatable bonds is 4. The summed E-state index contributed by atoms with van der Waals surface area (Å²) in [5, 5.41) is 19.5. The van der Waals surface area contributed by atoms with Crippen LogP contribution in [-0.4, -0.2) is 39.9 Å². The molecule has 1 N–H and O–H groups in total. The van der Waals surface area contributed by atoms with Gasteiger partial charge in [0.25, 0.3) is 5.69 Å². The largest absolute Gasteiger partial charge is 0.465 e. The number of carbonyl (C=O) groups is 2. The highest BCUT2D eigenvalue weighted by molar-refractivity contribution is 9.10. The minimum absolute atomic E-state index is 0.0845. The van der Waals surface area contributed by atoms with E-state index in [1.165, 1.54) is 11.0 Å². The molecule has 0 radical (unpaired) electrons. The van der Waals surface area contributed by atoms with Gasteiger partial charge in [0.2, 0.25) is 0 Å². The molecule has 0 aromatic heterocycles. The lowest BCUT2D eigenvalue weighted by Crippen LogP contribution is -2.39. The van der Waals surface area contributed by atoms with Crippen LogP contribution in [0, 0.1) is 21.8 Å². The molecule has 1 amide bonds. The molecule has 7 nitrogen and oxygen atoms in total. The van der Waals surface area contributed by atoms with Gasteiger partial charge in [-0.2, -0.15) is 0 Å². The molecule has 124 valence electrons. The molecule has 1 aromatic carbocycles. The van der Waals surface area contributed by atoms with Crippen LogP contribution < -0.4 is 0 Å². The number of carbonyl (C=O) groups excluding carboxylic acids is 1. The predicted octanol–water partition coefficient (Wildman–Crippen LogP) is 3.00. The van der Waals surface area contributed by atoms with Gasteiger partial charge < -0.3 is 10.0 Å². The zero-order chi connectivity index (χ0) is 17.1. The van der Waals surface area contributed by atoms with Gasteiger partial charge in [-0.25, -0.2) is 9.18 Å². The molecule has 1 heterocycles. The van der Waals surface area contributed by atoms with Crippen molar-refractivity contribution in [2.24, 2.45) is 5.92 Å². The van der Waals surface area contributed by atoms with E-state index < -0.39 is 16.8 Å². The fourth-order valence-corrected chi connectivity index (χ4v) is 3.14. The van der Waals surface area contributed by atoms with E-state index in [4.69, 9.17) is 5.11 Å². The lowest BCUT2D eigenvalue weighted by molar-refractivity contribution is -0.385. The zero-order valence-electron chi connectivity index (χ0n) is 12.0. The van der Waals surface area contributed by atoms with Crippen LogP contribution in [0.1, 0.15) is 18.4 Å². The molecular formula is C14H14BrFN2O5. The molecule has 0 unspecified atom stereocenters. The molecule has 23 heavy (non-hydrogen) atoms. The summed E-state index contributed by atoms with van der Waals surface area (Å²) in [5.41, 5.74) is -0.304. The molecule has 2 rings (SSSR count). The molecule has 1 fully saturated rings. The Kier molecular flexibility index (Phi) is 5.30. The number of nitro benzene ring substituents is 1. The maximum atomic E-state index is 14.0. The molecule has 0 atom stereocenters. The Morgan fingerprint density at radius 3 is 2.48 bits per heavy atom. The number of Topliss-reactive ketones (excluding diaryl/α,β-unsaturated/α-hetero) is 1. The normalized spacial score (nSPS) is 15.5. The van der Waals surface area contributed by atoms with Gasteiger partial charge in [-0.15, -0.1) is 0 Å². The number of non-ortho nitro benzene ring substituents is 1. The first-order chi connectivity index (χ1) is 10.8. The van der Waals surface area contributed by atoms with E-state index in [1.54, 1.807) is 0 Å². The highest BCUT2D eigenvalue weighted by Gasteiger charge is 2.28. The van der Waals surface area contributed by atoms with Crippen LogP contribution in [0.25, 0.3) is 0 Å². The highest BCUT2D eigenvalue weighted by Crippen LogP contribution is 2.28. The van der Waals surface area contributed by atoms with Gasteiger partial charge >= 0.3 is 6.09 Å². The molecule has 0 saturated carbocycles. The van der Waals surface area contributed by atoms with Gasteiger partial charge in [0.1, 0.15) is 11.6 Å². The van der Waals surface area contributed by atoms with Crippen molar-refractivity contribution in [1.29, 1.82) is 0 Å². The van der Waals surface area contributed by atoms with Crippen LogP contribution in [0.15, 0.2) is 16.6 Å². The number of nitro groups is 1. The number of benzene rings is 1. The smallest absolute Gasteiger partial charge is 0.407 e. The van der Waals surface area contributed by atoms with Gasteiger partial charge in [0, 0.05) is 41.5 Å². The quantitative estimate of drug-likeness (QED) is 0.630. The molecule has 9 heteroatoms. The topological polar surface area (TPSA) is 101 Å². The first-order valence-electron chi connectivity index (χ1n) is 6.92. The van der Waals surface area contributed by atoms with Crippen LogP contribution in [0.5, 0.6) is 0 Å². The van der Waals surface area contributed by atoms with Crippen LogP contribution >= 0.6 is 15.9 Å². The molecule has 0 bridgehead atoms. The van der Waals surface area contributed by atoms with Crippen molar-refractivity contribution in [2.75, 3.05) is 13.1 Å². The second-order valence-electron chi connectivity index (χ2n) is 5.33. The van der Waals surface area contributed by atoms with Crippen molar-refractivity contribution < 1.29 is 24.0 Å². The third-order valence-corrected chi connectivity index (χ3v) is 4.62. The molecule has 0 aliphatic carbocycles. The van der Waals surface area contributed by atoms with E-state index in [2.05, 4.69) is 15.9 Å². The Balaban J connectivity index is 2.07. The number of nitrogens with zero attached hydrogens (tertiary/aromatic N) is 2. The Hall–Kier alpha value is -2.03. The van der Waals surface area contributed by atoms with E-state index in [0.717, 1.165) is 6.07 Å². The maximum Gasteiger partial charge on any atom is 0.407 e. The van der Waals surface area contributed by atoms with Crippen molar-refractivity contribution in [3.63, 3.8) is 0 Å². The standard InChI is InChI=1S/C14H14BrFN2O5/c15-11-5-9(18(22)23)6-12(16)10(11)7-13(19)8-1-3-17(4-2-8)14(20)21/h5-6,8H,1-4,7H2,(H,20,21). The van der Waals surface area contributed by atoms with Gasteiger partial charge in [0.05, 0.1) is 11.0 Å². The van der Waals surface area contributed by atoms with E-state index in [0.29, 0.717) is 12.8 Å². The molecule has 1 aliphatic heterocycles. The SMILES string of the molecule is O=C(Cc1c(F)cc([N+](=O)[O-])cc1Br)C1CCN(C(=O)O)CC1. The number of hydrogen-bond acceptors (Lipinski definition) is 4. The molecule has 0 spiro atoms. The molecular weight excluding hydrogens is 375 g/mol. The van der Waals surface area contributed by atoms with Gasteiger partial charge in [-0.05, 0) is 12.8 Å². The second-order valence-corrected chi connectivity index (χ2v) is 6.19. The number of likely N-dealkylation sites (tertiary alicyclic amines) is 1. The Morgan fingerprint density at radius 2 is 2.00 bits per heavy atom. The molecule has 1 aliphatic rings. The fourth-order valence-electron chi connectivity index (χ4n) is 2.58. The third kappa shape index (κ3) is 4.04. The summed E-state index contributed by atoms with van der Waals surface area (Å²) in [6.07, 6.45) is -0.392. The summed E-state index contributed by atoms with van der Waals surface area (Å²) < 4.78 is 14.2. The summed E-state index contributed by atoms with van der Waals surface area (Å²) in [4.78, 5) is 34.3. The number of carboxylic acid groups (broad SMARTS) is 1. The van der Waals surface area contributed by atoms with E-state index in [9.17, 15) is 24.1 Å². The maximum absolute atomic E-state index is 14.0. The second kappa shape index (κ2) is 7.03. The molecule has 1 saturated heterocycles. The van der Waals surface area contributed by atoms with E-state index in [1.807, 2.05) is 0 Å². The van der Waals surface area contributed by atoms with E-state index >= 15 is 0 Å². The number of amides is 1. The summed E-state index contributed by atoms with van der Waals surface area (Å²) in [6.45, 7) is 0.547. The lowest BCUT2D eigenvalue weighted by Gasteiger charge is -2.29.